The molecule has 144 valence electrons. The molecule has 1 saturated heterocycles. The van der Waals surface area contributed by atoms with Gasteiger partial charge < -0.3 is 10.2 Å². The Hall–Kier alpha value is -2.33. The molecular formula is C23H31N3O. The molecule has 1 aliphatic rings. The number of hydrogen-bond donors (Lipinski definition) is 1. The van der Waals surface area contributed by atoms with E-state index >= 15 is 0 Å². The third kappa shape index (κ3) is 4.33. The normalized spacial score (nSPS) is 16.3. The number of nitrogens with one attached hydrogen (secondary N) is 1. The van der Waals surface area contributed by atoms with Crippen molar-refractivity contribution in [1.29, 1.82) is 0 Å². The number of hydrogen-bond acceptors (Lipinski definition) is 3. The van der Waals surface area contributed by atoms with Gasteiger partial charge in [-0.15, -0.1) is 0 Å². The highest BCUT2D eigenvalue weighted by Crippen LogP contribution is 2.24. The van der Waals surface area contributed by atoms with Crippen molar-refractivity contribution < 1.29 is 4.79 Å². The first-order valence-electron chi connectivity index (χ1n) is 9.80. The maximum Gasteiger partial charge on any atom is 0.241 e. The van der Waals surface area contributed by atoms with E-state index in [1.807, 2.05) is 26.8 Å². The molecule has 1 heterocycles. The van der Waals surface area contributed by atoms with E-state index < -0.39 is 0 Å². The summed E-state index contributed by atoms with van der Waals surface area (Å²) in [5.74, 6) is 0.0730. The highest BCUT2D eigenvalue weighted by molar-refractivity contribution is 5.95. The zero-order valence-electron chi connectivity index (χ0n) is 17.2. The third-order valence-electron chi connectivity index (χ3n) is 5.81. The molecule has 0 spiro atoms. The lowest BCUT2D eigenvalue weighted by molar-refractivity contribution is -0.120. The quantitative estimate of drug-likeness (QED) is 0.887. The molecule has 2 aromatic rings. The van der Waals surface area contributed by atoms with Gasteiger partial charge in [-0.3, -0.25) is 9.69 Å². The minimum atomic E-state index is -0.134. The lowest BCUT2D eigenvalue weighted by Crippen LogP contribution is -2.53. The smallest absolute Gasteiger partial charge is 0.241 e. The summed E-state index contributed by atoms with van der Waals surface area (Å²) in [5.41, 5.74) is 7.18. The summed E-state index contributed by atoms with van der Waals surface area (Å²) >= 11 is 0. The zero-order valence-corrected chi connectivity index (χ0v) is 17.2. The third-order valence-corrected chi connectivity index (χ3v) is 5.81. The maximum atomic E-state index is 12.8. The summed E-state index contributed by atoms with van der Waals surface area (Å²) in [5, 5.41) is 3.11. The van der Waals surface area contributed by atoms with Crippen LogP contribution in [-0.2, 0) is 4.79 Å². The summed E-state index contributed by atoms with van der Waals surface area (Å²) in [7, 11) is 0. The van der Waals surface area contributed by atoms with E-state index in [4.69, 9.17) is 0 Å². The van der Waals surface area contributed by atoms with Crippen LogP contribution in [0.2, 0.25) is 0 Å². The molecular weight excluding hydrogens is 334 g/mol. The van der Waals surface area contributed by atoms with Crippen molar-refractivity contribution in [2.45, 2.75) is 40.7 Å². The number of aryl methyl sites for hydroxylation is 3. The number of piperazine rings is 1. The van der Waals surface area contributed by atoms with Crippen LogP contribution in [0.1, 0.15) is 29.2 Å². The number of nitrogens with zero attached hydrogens (tertiary/aromatic N) is 2. The van der Waals surface area contributed by atoms with Crippen molar-refractivity contribution in [1.82, 2.24) is 4.90 Å². The van der Waals surface area contributed by atoms with Crippen LogP contribution in [0, 0.1) is 27.7 Å². The first-order valence-corrected chi connectivity index (χ1v) is 9.80. The van der Waals surface area contributed by atoms with Crippen LogP contribution in [-0.4, -0.2) is 43.0 Å². The van der Waals surface area contributed by atoms with Crippen molar-refractivity contribution >= 4 is 17.3 Å². The molecule has 3 rings (SSSR count). The van der Waals surface area contributed by atoms with Gasteiger partial charge in [-0.05, 0) is 69.0 Å². The van der Waals surface area contributed by atoms with Gasteiger partial charge in [0.1, 0.15) is 0 Å². The fourth-order valence-corrected chi connectivity index (χ4v) is 3.70. The second-order valence-electron chi connectivity index (χ2n) is 7.73. The highest BCUT2D eigenvalue weighted by atomic mass is 16.2. The predicted molar refractivity (Wildman–Crippen MR) is 114 cm³/mol. The number of benzene rings is 2. The van der Waals surface area contributed by atoms with E-state index in [-0.39, 0.29) is 11.9 Å². The SMILES string of the molecule is Cc1ccc(C)c(NC(=O)[C@@H](C)N2CCN(c3cccc(C)c3C)CC2)c1. The van der Waals surface area contributed by atoms with Gasteiger partial charge in [-0.2, -0.15) is 0 Å². The Bertz CT molecular complexity index is 822. The molecule has 2 aromatic carbocycles. The summed E-state index contributed by atoms with van der Waals surface area (Å²) in [4.78, 5) is 17.5. The second-order valence-corrected chi connectivity index (χ2v) is 7.73. The molecule has 0 saturated carbocycles. The molecule has 1 amide bonds. The van der Waals surface area contributed by atoms with E-state index in [0.29, 0.717) is 0 Å². The Balaban J connectivity index is 1.61. The fraction of sp³-hybridized carbons (Fsp3) is 0.435. The monoisotopic (exact) mass is 365 g/mol. The first kappa shape index (κ1) is 19.4. The summed E-state index contributed by atoms with van der Waals surface area (Å²) in [6.07, 6.45) is 0. The van der Waals surface area contributed by atoms with E-state index in [0.717, 1.165) is 43.0 Å². The Morgan fingerprint density at radius 1 is 0.963 bits per heavy atom. The summed E-state index contributed by atoms with van der Waals surface area (Å²) < 4.78 is 0. The number of carbonyl (C=O) groups is 1. The number of anilines is 2. The van der Waals surface area contributed by atoms with Crippen molar-refractivity contribution in [2.75, 3.05) is 36.4 Å². The topological polar surface area (TPSA) is 35.6 Å². The Labute approximate surface area is 163 Å². The standard InChI is InChI=1S/C23H31N3O/c1-16-9-10-18(3)21(15-16)24-23(27)20(5)25-11-13-26(14-12-25)22-8-6-7-17(2)19(22)4/h6-10,15,20H,11-14H2,1-5H3,(H,24,27)/t20-/m1/s1. The Morgan fingerprint density at radius 2 is 1.67 bits per heavy atom. The van der Waals surface area contributed by atoms with E-state index in [1.54, 1.807) is 0 Å². The van der Waals surface area contributed by atoms with Gasteiger partial charge in [0.25, 0.3) is 0 Å². The van der Waals surface area contributed by atoms with Gasteiger partial charge >= 0.3 is 0 Å². The Morgan fingerprint density at radius 3 is 2.37 bits per heavy atom. The maximum absolute atomic E-state index is 12.8. The fourth-order valence-electron chi connectivity index (χ4n) is 3.70. The number of carbonyl (C=O) groups excluding carboxylic acids is 1. The average molecular weight is 366 g/mol. The summed E-state index contributed by atoms with van der Waals surface area (Å²) in [6.45, 7) is 14.1. The molecule has 4 heteroatoms. The molecule has 0 unspecified atom stereocenters. The largest absolute Gasteiger partial charge is 0.369 e. The zero-order chi connectivity index (χ0) is 19.6. The predicted octanol–water partition coefficient (Wildman–Crippen LogP) is 4.07. The molecule has 0 aromatic heterocycles. The number of amides is 1. The average Bonchev–Trinajstić information content (AvgIpc) is 2.66. The molecule has 27 heavy (non-hydrogen) atoms. The van der Waals surface area contributed by atoms with Gasteiger partial charge in [0.05, 0.1) is 6.04 Å². The molecule has 1 atom stereocenters. The van der Waals surface area contributed by atoms with Crippen molar-refractivity contribution in [2.24, 2.45) is 0 Å². The van der Waals surface area contributed by atoms with Gasteiger partial charge in [0.15, 0.2) is 0 Å². The van der Waals surface area contributed by atoms with Crippen LogP contribution in [0.3, 0.4) is 0 Å². The van der Waals surface area contributed by atoms with Crippen molar-refractivity contribution in [3.8, 4) is 0 Å². The van der Waals surface area contributed by atoms with Crippen molar-refractivity contribution in [3.63, 3.8) is 0 Å². The van der Waals surface area contributed by atoms with Gasteiger partial charge in [-0.25, -0.2) is 0 Å². The van der Waals surface area contributed by atoms with Crippen LogP contribution >= 0.6 is 0 Å². The van der Waals surface area contributed by atoms with E-state index in [9.17, 15) is 4.79 Å². The minimum Gasteiger partial charge on any atom is -0.369 e. The Kier molecular flexibility index (Phi) is 5.85. The van der Waals surface area contributed by atoms with Crippen LogP contribution < -0.4 is 10.2 Å². The molecule has 0 radical (unpaired) electrons. The van der Waals surface area contributed by atoms with E-state index in [2.05, 4.69) is 59.3 Å². The first-order chi connectivity index (χ1) is 12.9. The van der Waals surface area contributed by atoms with Gasteiger partial charge in [0, 0.05) is 37.6 Å². The highest BCUT2D eigenvalue weighted by Gasteiger charge is 2.26. The van der Waals surface area contributed by atoms with Gasteiger partial charge in [-0.1, -0.05) is 24.3 Å². The summed E-state index contributed by atoms with van der Waals surface area (Å²) in [6, 6.07) is 12.5. The lowest BCUT2D eigenvalue weighted by atomic mass is 10.1. The molecule has 1 aliphatic heterocycles. The van der Waals surface area contributed by atoms with Gasteiger partial charge in [0.2, 0.25) is 5.91 Å². The van der Waals surface area contributed by atoms with Crippen LogP contribution in [0.4, 0.5) is 11.4 Å². The molecule has 1 N–H and O–H groups in total. The molecule has 4 nitrogen and oxygen atoms in total. The van der Waals surface area contributed by atoms with Crippen LogP contribution in [0.15, 0.2) is 36.4 Å². The van der Waals surface area contributed by atoms with E-state index in [1.165, 1.54) is 16.8 Å². The van der Waals surface area contributed by atoms with Crippen molar-refractivity contribution in [3.05, 3.63) is 58.7 Å². The van der Waals surface area contributed by atoms with Crippen LogP contribution in [0.25, 0.3) is 0 Å². The minimum absolute atomic E-state index is 0.0730. The molecule has 0 bridgehead atoms. The van der Waals surface area contributed by atoms with Crippen LogP contribution in [0.5, 0.6) is 0 Å². The molecule has 0 aliphatic carbocycles. The number of rotatable bonds is 4. The molecule has 1 fully saturated rings. The lowest BCUT2D eigenvalue weighted by Gasteiger charge is -2.39. The second kappa shape index (κ2) is 8.13.